The van der Waals surface area contributed by atoms with E-state index in [0.29, 0.717) is 6.42 Å². The number of amides is 10. The summed E-state index contributed by atoms with van der Waals surface area (Å²) in [5.74, 6) is -14.6. The smallest absolute Gasteiger partial charge is 0.327 e. The number of hydrogen-bond acceptors (Lipinski definition) is 18. The second kappa shape index (κ2) is 35.9. The van der Waals surface area contributed by atoms with E-state index in [0.717, 1.165) is 0 Å². The van der Waals surface area contributed by atoms with Crippen LogP contribution in [0.2, 0.25) is 0 Å². The van der Waals surface area contributed by atoms with Gasteiger partial charge in [-0.2, -0.15) is 12.6 Å². The van der Waals surface area contributed by atoms with Gasteiger partial charge in [0.1, 0.15) is 60.4 Å². The SMILES string of the molecule is CC(C)C[C@H](NC(=O)[C@H](CO)NC(=O)[C@H](CCC(=O)O)NC(=O)[C@@H](N)[C@@H](C)O)C(=O)N[C@H](C(=O)N[C@@H](CC(N)=O)C(=O)N[C@@H](CCCN=C(N)N)C(=O)N[C@@H](CCCN=C(N)N)C(=O)N1CCC[C@H]1C(=O)N[C@@H](CS)C(=O)O)C(C)C. The minimum atomic E-state index is -1.82. The molecule has 24 N–H and O–H groups in total. The molecule has 33 nitrogen and oxygen atoms in total. The molecular weight excluding hydrogens is 1090 g/mol. The van der Waals surface area contributed by atoms with Crippen molar-refractivity contribution in [1.29, 1.82) is 0 Å². The fraction of sp³-hybridized carbons (Fsp3) is 0.702. The molecule has 1 heterocycles. The van der Waals surface area contributed by atoms with Crippen molar-refractivity contribution in [3.05, 3.63) is 0 Å². The maximum atomic E-state index is 14.3. The number of carbonyl (C=O) groups excluding carboxylic acids is 10. The van der Waals surface area contributed by atoms with Crippen LogP contribution in [0, 0.1) is 11.8 Å². The van der Waals surface area contributed by atoms with Crippen molar-refractivity contribution in [2.24, 2.45) is 56.2 Å². The molecule has 0 aromatic carbocycles. The van der Waals surface area contributed by atoms with Crippen molar-refractivity contribution in [3.8, 4) is 0 Å². The number of carbonyl (C=O) groups is 12. The van der Waals surface area contributed by atoms with Crippen LogP contribution in [-0.4, -0.2) is 207 Å². The van der Waals surface area contributed by atoms with Gasteiger partial charge in [0.05, 0.1) is 19.1 Å². The van der Waals surface area contributed by atoms with Gasteiger partial charge in [-0.25, -0.2) is 4.79 Å². The molecule has 81 heavy (non-hydrogen) atoms. The summed E-state index contributed by atoms with van der Waals surface area (Å²) < 4.78 is 0. The molecule has 0 unspecified atom stereocenters. The van der Waals surface area contributed by atoms with Gasteiger partial charge in [0, 0.05) is 31.8 Å². The zero-order valence-corrected chi connectivity index (χ0v) is 46.9. The first-order chi connectivity index (χ1) is 37.8. The second-order valence-corrected chi connectivity index (χ2v) is 20.3. The van der Waals surface area contributed by atoms with Gasteiger partial charge in [-0.1, -0.05) is 27.7 Å². The number of likely N-dealkylation sites (tertiary alicyclic amines) is 1. The van der Waals surface area contributed by atoms with Gasteiger partial charge >= 0.3 is 11.9 Å². The molecule has 0 radical (unpaired) electrons. The lowest BCUT2D eigenvalue weighted by Crippen LogP contribution is -2.62. The third kappa shape index (κ3) is 26.0. The Bertz CT molecular complexity index is 2270. The Labute approximate surface area is 473 Å². The third-order valence-corrected chi connectivity index (χ3v) is 12.7. The highest BCUT2D eigenvalue weighted by Gasteiger charge is 2.40. The van der Waals surface area contributed by atoms with Gasteiger partial charge in [-0.15, -0.1) is 0 Å². The Morgan fingerprint density at radius 1 is 0.605 bits per heavy atom. The quantitative estimate of drug-likeness (QED) is 0.0119. The maximum Gasteiger partial charge on any atom is 0.327 e. The highest BCUT2D eigenvalue weighted by Crippen LogP contribution is 2.21. The lowest BCUT2D eigenvalue weighted by Gasteiger charge is -2.31. The van der Waals surface area contributed by atoms with Gasteiger partial charge in [0.15, 0.2) is 11.9 Å². The highest BCUT2D eigenvalue weighted by molar-refractivity contribution is 7.80. The molecule has 1 aliphatic rings. The van der Waals surface area contributed by atoms with E-state index in [9.17, 15) is 78.0 Å². The van der Waals surface area contributed by atoms with Crippen molar-refractivity contribution in [2.45, 2.75) is 165 Å². The summed E-state index contributed by atoms with van der Waals surface area (Å²) in [4.78, 5) is 168. The van der Waals surface area contributed by atoms with E-state index in [1.807, 2.05) is 0 Å². The fourth-order valence-electron chi connectivity index (χ4n) is 7.96. The summed E-state index contributed by atoms with van der Waals surface area (Å²) >= 11 is 3.98. The van der Waals surface area contributed by atoms with Crippen molar-refractivity contribution in [1.82, 2.24) is 47.4 Å². The zero-order valence-electron chi connectivity index (χ0n) is 46.1. The van der Waals surface area contributed by atoms with Crippen LogP contribution < -0.4 is 76.9 Å². The summed E-state index contributed by atoms with van der Waals surface area (Å²) in [7, 11) is 0. The van der Waals surface area contributed by atoms with E-state index in [1.165, 1.54) is 25.7 Å². The number of aliphatic hydroxyl groups excluding tert-OH is 2. The van der Waals surface area contributed by atoms with Crippen molar-refractivity contribution in [2.75, 3.05) is 32.0 Å². The number of aliphatic carboxylic acids is 2. The van der Waals surface area contributed by atoms with Crippen LogP contribution in [-0.2, 0) is 57.5 Å². The highest BCUT2D eigenvalue weighted by atomic mass is 32.1. The van der Waals surface area contributed by atoms with Crippen molar-refractivity contribution in [3.63, 3.8) is 0 Å². The van der Waals surface area contributed by atoms with Crippen LogP contribution in [0.3, 0.4) is 0 Å². The number of aliphatic hydroxyl groups is 2. The predicted molar refractivity (Wildman–Crippen MR) is 293 cm³/mol. The number of carboxylic acids is 2. The van der Waals surface area contributed by atoms with E-state index in [-0.39, 0.29) is 81.7 Å². The molecule has 0 saturated carbocycles. The minimum Gasteiger partial charge on any atom is -0.481 e. The number of thiol groups is 1. The standard InChI is InChI=1S/C47H83N17O16S/c1-21(2)17-27(59-40(74)29(19-65)61-37(71)25(12-13-33(68)69)57-42(76)34(49)23(5)66)39(73)63-35(22(3)4)43(77)60-28(18-32(48)67)38(72)56-24(9-6-14-54-46(50)51)36(70)58-26(10-7-15-55-47(52)53)44(78)64-16-8-11-31(64)41(75)62-30(20-81)45(79)80/h21-31,34-35,65-66,81H,6-20,49H2,1-5H3,(H2,48,67)(H,56,72)(H,57,76)(H,58,70)(H,59,74)(H,60,77)(H,61,71)(H,62,75)(H,63,73)(H,68,69)(H,79,80)(H4,50,51,54)(H4,52,53,55)/t23-,24+,25+,26+,27+,28+,29+,30+,31+,34+,35+/m1/s1. The number of nitrogens with one attached hydrogen (secondary N) is 8. The second-order valence-electron chi connectivity index (χ2n) is 19.9. The van der Waals surface area contributed by atoms with E-state index in [4.69, 9.17) is 34.4 Å². The summed E-state index contributed by atoms with van der Waals surface area (Å²) in [6, 6.07) is -15.2. The number of carboxylic acid groups (broad SMARTS) is 2. The molecule has 1 aliphatic heterocycles. The van der Waals surface area contributed by atoms with Crippen LogP contribution in [0.15, 0.2) is 9.98 Å². The molecular formula is C47H83N17O16S. The van der Waals surface area contributed by atoms with Crippen LogP contribution in [0.25, 0.3) is 0 Å². The van der Waals surface area contributed by atoms with Gasteiger partial charge in [0.2, 0.25) is 59.1 Å². The Kier molecular flexibility index (Phi) is 31.7. The molecule has 0 spiro atoms. The first-order valence-corrected chi connectivity index (χ1v) is 26.7. The summed E-state index contributed by atoms with van der Waals surface area (Å²) in [6.07, 6.45) is -3.15. The summed E-state index contributed by atoms with van der Waals surface area (Å²) in [6.45, 7) is 6.50. The first-order valence-electron chi connectivity index (χ1n) is 26.1. The molecule has 34 heteroatoms. The Morgan fingerprint density at radius 3 is 1.56 bits per heavy atom. The summed E-state index contributed by atoms with van der Waals surface area (Å²) in [5, 5.41) is 57.8. The van der Waals surface area contributed by atoms with Gasteiger partial charge < -0.3 is 102 Å². The normalized spacial score (nSPS) is 16.7. The molecule has 0 aromatic heterocycles. The molecule has 11 atom stereocenters. The lowest BCUT2D eigenvalue weighted by atomic mass is 9.99. The zero-order chi connectivity index (χ0) is 61.8. The van der Waals surface area contributed by atoms with Crippen molar-refractivity contribution >= 4 is 95.6 Å². The maximum absolute atomic E-state index is 14.3. The number of primary amides is 1. The molecule has 1 saturated heterocycles. The van der Waals surface area contributed by atoms with E-state index >= 15 is 0 Å². The van der Waals surface area contributed by atoms with Crippen LogP contribution >= 0.6 is 12.6 Å². The van der Waals surface area contributed by atoms with E-state index in [1.54, 1.807) is 13.8 Å². The molecule has 458 valence electrons. The number of aliphatic imine (C=N–C) groups is 2. The molecule has 1 rings (SSSR count). The Hall–Kier alpha value is -7.59. The summed E-state index contributed by atoms with van der Waals surface area (Å²) in [5.41, 5.74) is 33.1. The van der Waals surface area contributed by atoms with Gasteiger partial charge in [-0.3, -0.25) is 62.7 Å². The third-order valence-electron chi connectivity index (χ3n) is 12.3. The molecule has 10 amide bonds. The largest absolute Gasteiger partial charge is 0.481 e. The topological polar surface area (TPSA) is 566 Å². The Balaban J connectivity index is 3.54. The predicted octanol–water partition coefficient (Wildman–Crippen LogP) is -7.88. The van der Waals surface area contributed by atoms with Gasteiger partial charge in [0.25, 0.3) is 0 Å². The molecule has 0 bridgehead atoms. The molecule has 1 fully saturated rings. The monoisotopic (exact) mass is 1170 g/mol. The van der Waals surface area contributed by atoms with Crippen LogP contribution in [0.5, 0.6) is 0 Å². The average molecular weight is 1170 g/mol. The van der Waals surface area contributed by atoms with Gasteiger partial charge in [-0.05, 0) is 70.1 Å². The van der Waals surface area contributed by atoms with E-state index in [2.05, 4.69) is 65.1 Å². The van der Waals surface area contributed by atoms with E-state index < -0.39 is 169 Å². The van der Waals surface area contributed by atoms with Crippen LogP contribution in [0.4, 0.5) is 0 Å². The number of rotatable bonds is 37. The average Bonchev–Trinajstić information content (AvgIpc) is 3.94. The number of guanidine groups is 2. The van der Waals surface area contributed by atoms with Crippen molar-refractivity contribution < 1.29 is 78.0 Å². The number of nitrogens with zero attached hydrogens (tertiary/aromatic N) is 3. The molecule has 0 aliphatic carbocycles. The first kappa shape index (κ1) is 71.4. The number of hydrogen-bond donors (Lipinski definition) is 19. The minimum absolute atomic E-state index is 0.00194. The number of nitrogens with two attached hydrogens (primary N) is 6. The van der Waals surface area contributed by atoms with Crippen LogP contribution in [0.1, 0.15) is 98.8 Å². The fourth-order valence-corrected chi connectivity index (χ4v) is 8.21. The Morgan fingerprint density at radius 2 is 1.07 bits per heavy atom. The molecule has 0 aromatic rings. The lowest BCUT2D eigenvalue weighted by molar-refractivity contribution is -0.144.